The minimum absolute atomic E-state index is 0.0925. The highest BCUT2D eigenvalue weighted by molar-refractivity contribution is 5.78. The third kappa shape index (κ3) is 5.30. The highest BCUT2D eigenvalue weighted by Crippen LogP contribution is 2.24. The van der Waals surface area contributed by atoms with Crippen LogP contribution in [0.1, 0.15) is 47.0 Å². The monoisotopic (exact) mass is 263 g/mol. The zero-order valence-electron chi connectivity index (χ0n) is 12.1. The molecule has 1 aliphatic carbocycles. The van der Waals surface area contributed by atoms with Gasteiger partial charge in [0.2, 0.25) is 5.91 Å². The first kappa shape index (κ1) is 15.5. The second-order valence-corrected chi connectivity index (χ2v) is 5.92. The summed E-state index contributed by atoms with van der Waals surface area (Å²) in [6.07, 6.45) is 6.07. The standard InChI is InChI=1S/C16H22FNO/c1-5-7-14(19)18-16(11-10-15(2,3)4)9-6-8-13(17)12-16/h6,8-9H,5,7,12H2,1-4H3,(H,18,19). The van der Waals surface area contributed by atoms with Crippen LogP contribution in [0, 0.1) is 17.3 Å². The lowest BCUT2D eigenvalue weighted by atomic mass is 9.88. The van der Waals surface area contributed by atoms with Crippen LogP contribution in [0.4, 0.5) is 4.39 Å². The van der Waals surface area contributed by atoms with E-state index in [-0.39, 0.29) is 23.6 Å². The molecule has 1 N–H and O–H groups in total. The topological polar surface area (TPSA) is 29.1 Å². The lowest BCUT2D eigenvalue weighted by molar-refractivity contribution is -0.122. The van der Waals surface area contributed by atoms with Crippen LogP contribution in [-0.2, 0) is 4.79 Å². The Morgan fingerprint density at radius 2 is 2.21 bits per heavy atom. The molecule has 0 aliphatic heterocycles. The molecule has 1 unspecified atom stereocenters. The van der Waals surface area contributed by atoms with E-state index >= 15 is 0 Å². The number of hydrogen-bond donors (Lipinski definition) is 1. The molecule has 104 valence electrons. The summed E-state index contributed by atoms with van der Waals surface area (Å²) < 4.78 is 13.5. The molecule has 19 heavy (non-hydrogen) atoms. The van der Waals surface area contributed by atoms with Gasteiger partial charge in [-0.25, -0.2) is 4.39 Å². The van der Waals surface area contributed by atoms with Gasteiger partial charge in [0, 0.05) is 18.3 Å². The third-order valence-electron chi connectivity index (χ3n) is 2.61. The molecule has 0 bridgehead atoms. The van der Waals surface area contributed by atoms with Gasteiger partial charge in [-0.05, 0) is 39.3 Å². The van der Waals surface area contributed by atoms with Gasteiger partial charge >= 0.3 is 0 Å². The lowest BCUT2D eigenvalue weighted by Gasteiger charge is -2.28. The van der Waals surface area contributed by atoms with Crippen LogP contribution in [0.3, 0.4) is 0 Å². The van der Waals surface area contributed by atoms with Crippen LogP contribution >= 0.6 is 0 Å². The van der Waals surface area contributed by atoms with Crippen molar-refractivity contribution in [2.75, 3.05) is 0 Å². The van der Waals surface area contributed by atoms with E-state index in [0.717, 1.165) is 6.42 Å². The van der Waals surface area contributed by atoms with Crippen molar-refractivity contribution in [2.45, 2.75) is 52.5 Å². The first-order valence-electron chi connectivity index (χ1n) is 6.65. The first-order chi connectivity index (χ1) is 8.76. The maximum Gasteiger partial charge on any atom is 0.221 e. The van der Waals surface area contributed by atoms with E-state index < -0.39 is 5.54 Å². The van der Waals surface area contributed by atoms with E-state index in [4.69, 9.17) is 0 Å². The number of amides is 1. The number of nitrogens with one attached hydrogen (secondary N) is 1. The average Bonchev–Trinajstić information content (AvgIpc) is 2.26. The molecule has 0 heterocycles. The molecule has 0 aromatic rings. The Kier molecular flexibility index (Phi) is 4.94. The van der Waals surface area contributed by atoms with E-state index in [1.807, 2.05) is 27.7 Å². The third-order valence-corrected chi connectivity index (χ3v) is 2.61. The molecule has 0 saturated carbocycles. The molecule has 0 aromatic carbocycles. The van der Waals surface area contributed by atoms with Crippen molar-refractivity contribution in [3.8, 4) is 11.8 Å². The molecule has 1 rings (SSSR count). The Bertz CT molecular complexity index is 459. The average molecular weight is 263 g/mol. The molecule has 2 nitrogen and oxygen atoms in total. The molecule has 0 fully saturated rings. The van der Waals surface area contributed by atoms with Gasteiger partial charge in [-0.3, -0.25) is 4.79 Å². The van der Waals surface area contributed by atoms with Crippen molar-refractivity contribution in [1.82, 2.24) is 5.32 Å². The normalized spacial score (nSPS) is 22.3. The van der Waals surface area contributed by atoms with Crippen molar-refractivity contribution < 1.29 is 9.18 Å². The zero-order chi connectivity index (χ0) is 14.5. The Balaban J connectivity index is 2.98. The fourth-order valence-corrected chi connectivity index (χ4v) is 1.74. The summed E-state index contributed by atoms with van der Waals surface area (Å²) in [4.78, 5) is 11.8. The number of rotatable bonds is 3. The molecule has 0 spiro atoms. The highest BCUT2D eigenvalue weighted by Gasteiger charge is 2.30. The van der Waals surface area contributed by atoms with Crippen molar-refractivity contribution in [1.29, 1.82) is 0 Å². The highest BCUT2D eigenvalue weighted by atomic mass is 19.1. The number of allylic oxidation sites excluding steroid dienone is 2. The second-order valence-electron chi connectivity index (χ2n) is 5.92. The smallest absolute Gasteiger partial charge is 0.221 e. The van der Waals surface area contributed by atoms with Crippen molar-refractivity contribution >= 4 is 5.91 Å². The lowest BCUT2D eigenvalue weighted by Crippen LogP contribution is -2.46. The molecule has 1 amide bonds. The predicted octanol–water partition coefficient (Wildman–Crippen LogP) is 3.50. The van der Waals surface area contributed by atoms with Crippen LogP contribution in [0.15, 0.2) is 24.1 Å². The van der Waals surface area contributed by atoms with Gasteiger partial charge in [0.1, 0.15) is 11.4 Å². The van der Waals surface area contributed by atoms with Gasteiger partial charge in [-0.1, -0.05) is 24.8 Å². The van der Waals surface area contributed by atoms with Crippen molar-refractivity contribution in [3.63, 3.8) is 0 Å². The number of halogens is 1. The molecular weight excluding hydrogens is 241 g/mol. The van der Waals surface area contributed by atoms with E-state index in [1.165, 1.54) is 6.08 Å². The van der Waals surface area contributed by atoms with Gasteiger partial charge in [-0.15, -0.1) is 0 Å². The summed E-state index contributed by atoms with van der Waals surface area (Å²) in [5, 5.41) is 2.86. The Morgan fingerprint density at radius 3 is 2.74 bits per heavy atom. The largest absolute Gasteiger partial charge is 0.336 e. The zero-order valence-corrected chi connectivity index (χ0v) is 12.1. The summed E-state index contributed by atoms with van der Waals surface area (Å²) in [6.45, 7) is 7.89. The SMILES string of the molecule is CCCC(=O)NC1(C#CC(C)(C)C)C=CC=C(F)C1. The van der Waals surface area contributed by atoms with Crippen LogP contribution in [0.2, 0.25) is 0 Å². The molecule has 0 aromatic heterocycles. The molecule has 3 heteroatoms. The summed E-state index contributed by atoms with van der Waals surface area (Å²) in [5.41, 5.74) is -1.09. The summed E-state index contributed by atoms with van der Waals surface area (Å²) in [5.74, 6) is 5.78. The minimum Gasteiger partial charge on any atom is -0.336 e. The molecule has 1 atom stereocenters. The molecular formula is C16H22FNO. The summed E-state index contributed by atoms with van der Waals surface area (Å²) in [6, 6.07) is 0. The van der Waals surface area contributed by atoms with E-state index in [2.05, 4.69) is 17.2 Å². The van der Waals surface area contributed by atoms with E-state index in [1.54, 1.807) is 12.2 Å². The van der Waals surface area contributed by atoms with Crippen molar-refractivity contribution in [2.24, 2.45) is 5.41 Å². The summed E-state index contributed by atoms with van der Waals surface area (Å²) in [7, 11) is 0. The van der Waals surface area contributed by atoms with Gasteiger partial charge in [0.15, 0.2) is 0 Å². The number of carbonyl (C=O) groups excluding carboxylic acids is 1. The fourth-order valence-electron chi connectivity index (χ4n) is 1.74. The maximum atomic E-state index is 13.5. The second kappa shape index (κ2) is 6.06. The number of carbonyl (C=O) groups is 1. The van der Waals surface area contributed by atoms with Crippen LogP contribution < -0.4 is 5.32 Å². The molecule has 0 radical (unpaired) electrons. The Morgan fingerprint density at radius 1 is 1.53 bits per heavy atom. The first-order valence-corrected chi connectivity index (χ1v) is 6.65. The van der Waals surface area contributed by atoms with Gasteiger partial charge in [-0.2, -0.15) is 0 Å². The van der Waals surface area contributed by atoms with Crippen LogP contribution in [0.25, 0.3) is 0 Å². The Hall–Kier alpha value is -1.56. The summed E-state index contributed by atoms with van der Waals surface area (Å²) >= 11 is 0. The fraction of sp³-hybridized carbons (Fsp3) is 0.562. The Labute approximate surface area is 115 Å². The van der Waals surface area contributed by atoms with Crippen molar-refractivity contribution in [3.05, 3.63) is 24.1 Å². The number of hydrogen-bond acceptors (Lipinski definition) is 1. The van der Waals surface area contributed by atoms with E-state index in [9.17, 15) is 9.18 Å². The van der Waals surface area contributed by atoms with Gasteiger partial charge in [0.05, 0.1) is 0 Å². The van der Waals surface area contributed by atoms with Crippen LogP contribution in [0.5, 0.6) is 0 Å². The van der Waals surface area contributed by atoms with Gasteiger partial charge < -0.3 is 5.32 Å². The molecule has 1 aliphatic rings. The quantitative estimate of drug-likeness (QED) is 0.776. The van der Waals surface area contributed by atoms with E-state index in [0.29, 0.717) is 6.42 Å². The minimum atomic E-state index is -0.904. The molecule has 0 saturated heterocycles. The van der Waals surface area contributed by atoms with Crippen LogP contribution in [-0.4, -0.2) is 11.4 Å². The van der Waals surface area contributed by atoms with Gasteiger partial charge in [0.25, 0.3) is 0 Å². The maximum absolute atomic E-state index is 13.5. The predicted molar refractivity (Wildman–Crippen MR) is 76.0 cm³/mol.